The number of piperidine rings is 1. The smallest absolute Gasteiger partial charge is 0.0234 e. The summed E-state index contributed by atoms with van der Waals surface area (Å²) in [4.78, 5) is 4.77. The van der Waals surface area contributed by atoms with E-state index in [1.807, 2.05) is 0 Å². The van der Waals surface area contributed by atoms with Crippen molar-refractivity contribution < 1.29 is 0 Å². The molecule has 0 amide bonds. The van der Waals surface area contributed by atoms with Crippen molar-refractivity contribution in [1.29, 1.82) is 0 Å². The average molecular weight is 396 g/mol. The third-order valence-electron chi connectivity index (χ3n) is 5.48. The molecular weight excluding hydrogens is 354 g/mol. The minimum Gasteiger partial charge on any atom is -0.317 e. The lowest BCUT2D eigenvalue weighted by Crippen LogP contribution is -2.31. The minimum absolute atomic E-state index is 0.906. The first-order valence-corrected chi connectivity index (χ1v) is 11.3. The molecule has 1 heterocycles. The Hall–Kier alpha value is -1.68. The lowest BCUT2D eigenvalue weighted by atomic mass is 9.91. The van der Waals surface area contributed by atoms with Crippen molar-refractivity contribution in [3.05, 3.63) is 71.8 Å². The highest BCUT2D eigenvalue weighted by atomic mass is 15.2. The van der Waals surface area contributed by atoms with E-state index in [9.17, 15) is 0 Å². The third-order valence-corrected chi connectivity index (χ3v) is 5.48. The van der Waals surface area contributed by atoms with Gasteiger partial charge < -0.3 is 10.2 Å². The summed E-state index contributed by atoms with van der Waals surface area (Å²) < 4.78 is 0. The van der Waals surface area contributed by atoms with Crippen LogP contribution >= 0.6 is 0 Å². The van der Waals surface area contributed by atoms with E-state index in [1.54, 1.807) is 0 Å². The first-order chi connectivity index (χ1) is 14.2. The fraction of sp³-hybridized carbons (Fsp3) is 0.538. The second kappa shape index (κ2) is 14.3. The molecule has 2 aromatic rings. The van der Waals surface area contributed by atoms with Gasteiger partial charge in [-0.1, -0.05) is 67.6 Å². The van der Waals surface area contributed by atoms with Gasteiger partial charge in [-0.15, -0.1) is 0 Å². The van der Waals surface area contributed by atoms with Crippen LogP contribution in [0.25, 0.3) is 0 Å². The maximum absolute atomic E-state index is 3.40. The lowest BCUT2D eigenvalue weighted by molar-refractivity contribution is 0.234. The number of nitrogens with zero attached hydrogens (tertiary/aromatic N) is 2. The molecule has 0 saturated carbocycles. The Kier molecular flexibility index (Phi) is 11.7. The van der Waals surface area contributed by atoms with E-state index in [-0.39, 0.29) is 0 Å². The highest BCUT2D eigenvalue weighted by Crippen LogP contribution is 2.17. The summed E-state index contributed by atoms with van der Waals surface area (Å²) in [5.74, 6) is 0.906. The van der Waals surface area contributed by atoms with E-state index in [0.29, 0.717) is 0 Å². The second-order valence-electron chi connectivity index (χ2n) is 8.45. The molecule has 0 spiro atoms. The molecule has 3 heteroatoms. The first-order valence-electron chi connectivity index (χ1n) is 11.3. The molecule has 1 fully saturated rings. The zero-order valence-electron chi connectivity index (χ0n) is 18.8. The molecule has 0 aliphatic carbocycles. The van der Waals surface area contributed by atoms with E-state index in [4.69, 9.17) is 0 Å². The third kappa shape index (κ3) is 10.6. The van der Waals surface area contributed by atoms with Gasteiger partial charge in [-0.3, -0.25) is 4.90 Å². The summed E-state index contributed by atoms with van der Waals surface area (Å²) >= 11 is 0. The number of nitrogens with one attached hydrogen (secondary N) is 1. The van der Waals surface area contributed by atoms with Gasteiger partial charge in [-0.2, -0.15) is 0 Å². The van der Waals surface area contributed by atoms with Crippen LogP contribution in [-0.2, 0) is 13.0 Å². The van der Waals surface area contributed by atoms with Crippen LogP contribution in [0.15, 0.2) is 60.7 Å². The SMILES string of the molecule is CCCN(CCN(C)C)Cc1ccccc1.c1ccc(CC2CCNCC2)cc1. The predicted molar refractivity (Wildman–Crippen MR) is 126 cm³/mol. The van der Waals surface area contributed by atoms with E-state index < -0.39 is 0 Å². The highest BCUT2D eigenvalue weighted by Gasteiger charge is 2.12. The van der Waals surface area contributed by atoms with E-state index in [1.165, 1.54) is 56.4 Å². The summed E-state index contributed by atoms with van der Waals surface area (Å²) in [7, 11) is 4.26. The van der Waals surface area contributed by atoms with Gasteiger partial charge in [0, 0.05) is 19.6 Å². The number of likely N-dealkylation sites (N-methyl/N-ethyl adjacent to an activating group) is 1. The van der Waals surface area contributed by atoms with Crippen LogP contribution in [0.1, 0.15) is 37.3 Å². The highest BCUT2D eigenvalue weighted by molar-refractivity contribution is 5.15. The maximum Gasteiger partial charge on any atom is 0.0234 e. The quantitative estimate of drug-likeness (QED) is 0.664. The standard InChI is InChI=1S/C14H24N2.C12H17N/c1-4-10-16(12-11-15(2)3)13-14-8-6-5-7-9-14;1-2-4-11(5-3-1)10-12-6-8-13-9-7-12/h5-9H,4,10-13H2,1-3H3;1-5,12-13H,6-10H2. The average Bonchev–Trinajstić information content (AvgIpc) is 2.75. The molecule has 0 bridgehead atoms. The molecule has 1 saturated heterocycles. The summed E-state index contributed by atoms with van der Waals surface area (Å²) in [6, 6.07) is 21.6. The van der Waals surface area contributed by atoms with Crippen LogP contribution in [-0.4, -0.2) is 56.6 Å². The number of rotatable bonds is 9. The van der Waals surface area contributed by atoms with Crippen LogP contribution in [0.3, 0.4) is 0 Å². The fourth-order valence-electron chi connectivity index (χ4n) is 3.80. The Balaban J connectivity index is 0.000000211. The summed E-state index contributed by atoms with van der Waals surface area (Å²) in [5, 5.41) is 3.40. The van der Waals surface area contributed by atoms with Crippen LogP contribution in [0.4, 0.5) is 0 Å². The molecule has 1 aliphatic rings. The van der Waals surface area contributed by atoms with Crippen LogP contribution in [0.2, 0.25) is 0 Å². The largest absolute Gasteiger partial charge is 0.317 e. The fourth-order valence-corrected chi connectivity index (χ4v) is 3.80. The van der Waals surface area contributed by atoms with Crippen molar-refractivity contribution >= 4 is 0 Å². The van der Waals surface area contributed by atoms with Gasteiger partial charge in [-0.05, 0) is 76.5 Å². The zero-order valence-corrected chi connectivity index (χ0v) is 18.8. The molecule has 160 valence electrons. The van der Waals surface area contributed by atoms with Crippen molar-refractivity contribution in [2.75, 3.05) is 46.8 Å². The molecule has 3 rings (SSSR count). The van der Waals surface area contributed by atoms with E-state index in [2.05, 4.69) is 96.8 Å². The molecule has 29 heavy (non-hydrogen) atoms. The summed E-state index contributed by atoms with van der Waals surface area (Å²) in [5.41, 5.74) is 2.91. The Morgan fingerprint density at radius 3 is 1.93 bits per heavy atom. The molecular formula is C26H41N3. The molecule has 3 nitrogen and oxygen atoms in total. The lowest BCUT2D eigenvalue weighted by Gasteiger charge is -2.23. The molecule has 0 unspecified atom stereocenters. The number of hydrogen-bond acceptors (Lipinski definition) is 3. The van der Waals surface area contributed by atoms with Gasteiger partial charge in [0.1, 0.15) is 0 Å². The van der Waals surface area contributed by atoms with Gasteiger partial charge in [0.2, 0.25) is 0 Å². The van der Waals surface area contributed by atoms with Crippen molar-refractivity contribution in [3.63, 3.8) is 0 Å². The molecule has 0 radical (unpaired) electrons. The molecule has 0 aromatic heterocycles. The molecule has 0 atom stereocenters. The van der Waals surface area contributed by atoms with Gasteiger partial charge in [0.15, 0.2) is 0 Å². The van der Waals surface area contributed by atoms with E-state index in [0.717, 1.165) is 25.6 Å². The van der Waals surface area contributed by atoms with Crippen LogP contribution in [0.5, 0.6) is 0 Å². The predicted octanol–water partition coefficient (Wildman–Crippen LogP) is 4.69. The molecule has 2 aromatic carbocycles. The number of hydrogen-bond donors (Lipinski definition) is 1. The Morgan fingerprint density at radius 2 is 1.38 bits per heavy atom. The zero-order chi connectivity index (χ0) is 20.7. The normalized spacial score (nSPS) is 14.7. The second-order valence-corrected chi connectivity index (χ2v) is 8.45. The van der Waals surface area contributed by atoms with Gasteiger partial charge >= 0.3 is 0 Å². The van der Waals surface area contributed by atoms with Gasteiger partial charge in [0.25, 0.3) is 0 Å². The topological polar surface area (TPSA) is 18.5 Å². The van der Waals surface area contributed by atoms with Gasteiger partial charge in [0.05, 0.1) is 0 Å². The summed E-state index contributed by atoms with van der Waals surface area (Å²) in [6.45, 7) is 9.19. The van der Waals surface area contributed by atoms with Crippen molar-refractivity contribution in [2.45, 2.75) is 39.2 Å². The molecule has 1 aliphatic heterocycles. The first kappa shape index (κ1) is 23.6. The van der Waals surface area contributed by atoms with Gasteiger partial charge in [-0.25, -0.2) is 0 Å². The Labute approximate surface area is 179 Å². The maximum atomic E-state index is 3.40. The Morgan fingerprint density at radius 1 is 0.793 bits per heavy atom. The van der Waals surface area contributed by atoms with Crippen molar-refractivity contribution in [2.24, 2.45) is 5.92 Å². The molecule has 1 N–H and O–H groups in total. The van der Waals surface area contributed by atoms with Crippen LogP contribution < -0.4 is 5.32 Å². The number of benzene rings is 2. The van der Waals surface area contributed by atoms with Crippen molar-refractivity contribution in [1.82, 2.24) is 15.1 Å². The summed E-state index contributed by atoms with van der Waals surface area (Å²) in [6.07, 6.45) is 5.17. The van der Waals surface area contributed by atoms with Crippen LogP contribution in [0, 0.1) is 5.92 Å². The van der Waals surface area contributed by atoms with E-state index >= 15 is 0 Å². The minimum atomic E-state index is 0.906. The van der Waals surface area contributed by atoms with Crippen molar-refractivity contribution in [3.8, 4) is 0 Å². The Bertz CT molecular complexity index is 621. The monoisotopic (exact) mass is 395 g/mol.